The van der Waals surface area contributed by atoms with Gasteiger partial charge in [0, 0.05) is 43.1 Å². The molecule has 1 amide bonds. The number of hydrogen-bond acceptors (Lipinski definition) is 5. The van der Waals surface area contributed by atoms with Crippen LogP contribution in [0.1, 0.15) is 0 Å². The van der Waals surface area contributed by atoms with Crippen LogP contribution in [0, 0.1) is 5.82 Å². The molecule has 0 atom stereocenters. The number of amides is 1. The molecule has 0 aliphatic carbocycles. The largest absolute Gasteiger partial charge is 0.368 e. The van der Waals surface area contributed by atoms with Crippen molar-refractivity contribution in [3.05, 3.63) is 90.7 Å². The summed E-state index contributed by atoms with van der Waals surface area (Å²) in [6.07, 6.45) is 0. The number of anilines is 1. The van der Waals surface area contributed by atoms with Crippen molar-refractivity contribution < 1.29 is 9.18 Å². The van der Waals surface area contributed by atoms with Crippen molar-refractivity contribution in [2.75, 3.05) is 36.8 Å². The Morgan fingerprint density at radius 2 is 1.41 bits per heavy atom. The fourth-order valence-electron chi connectivity index (χ4n) is 4.03. The van der Waals surface area contributed by atoms with Crippen molar-refractivity contribution in [2.24, 2.45) is 0 Å². The second-order valence-electron chi connectivity index (χ2n) is 7.98. The van der Waals surface area contributed by atoms with Gasteiger partial charge in [0.2, 0.25) is 5.91 Å². The number of piperazine rings is 1. The fourth-order valence-corrected chi connectivity index (χ4v) is 4.88. The number of para-hydroxylation sites is 2. The first-order chi connectivity index (χ1) is 16.7. The van der Waals surface area contributed by atoms with Gasteiger partial charge in [0.15, 0.2) is 11.0 Å². The Morgan fingerprint density at radius 3 is 2.06 bits per heavy atom. The lowest BCUT2D eigenvalue weighted by atomic mass is 10.2. The maximum Gasteiger partial charge on any atom is 0.233 e. The first kappa shape index (κ1) is 22.2. The minimum Gasteiger partial charge on any atom is -0.368 e. The van der Waals surface area contributed by atoms with E-state index >= 15 is 0 Å². The Balaban J connectivity index is 1.29. The number of benzene rings is 3. The van der Waals surface area contributed by atoms with E-state index in [0.29, 0.717) is 24.1 Å². The summed E-state index contributed by atoms with van der Waals surface area (Å²) in [7, 11) is 0. The molecule has 0 unspecified atom stereocenters. The smallest absolute Gasteiger partial charge is 0.233 e. The van der Waals surface area contributed by atoms with Gasteiger partial charge in [0.25, 0.3) is 0 Å². The van der Waals surface area contributed by atoms with Gasteiger partial charge in [-0.15, -0.1) is 10.2 Å². The first-order valence-electron chi connectivity index (χ1n) is 11.2. The highest BCUT2D eigenvalue weighted by molar-refractivity contribution is 7.99. The molecule has 172 valence electrons. The van der Waals surface area contributed by atoms with E-state index in [-0.39, 0.29) is 17.5 Å². The van der Waals surface area contributed by atoms with Gasteiger partial charge in [-0.1, -0.05) is 48.2 Å². The van der Waals surface area contributed by atoms with Gasteiger partial charge in [0.05, 0.1) is 5.75 Å². The molecule has 0 saturated carbocycles. The third-order valence-corrected chi connectivity index (χ3v) is 6.74. The standard InChI is InChI=1S/C26H24FN5OS/c27-21-13-11-20(12-14-21)25-28-29-26(32(25)23-9-5-2-6-10-23)34-19-24(33)31-17-15-30(16-18-31)22-7-3-1-4-8-22/h1-14H,15-19H2. The summed E-state index contributed by atoms with van der Waals surface area (Å²) < 4.78 is 15.4. The summed E-state index contributed by atoms with van der Waals surface area (Å²) >= 11 is 1.37. The van der Waals surface area contributed by atoms with E-state index in [4.69, 9.17) is 0 Å². The van der Waals surface area contributed by atoms with Crippen LogP contribution < -0.4 is 4.90 Å². The van der Waals surface area contributed by atoms with Gasteiger partial charge < -0.3 is 9.80 Å². The number of hydrogen-bond donors (Lipinski definition) is 0. The SMILES string of the molecule is O=C(CSc1nnc(-c2ccc(F)cc2)n1-c1ccccc1)N1CCN(c2ccccc2)CC1. The number of aromatic nitrogens is 3. The molecule has 1 aliphatic rings. The molecule has 0 spiro atoms. The molecule has 1 aliphatic heterocycles. The van der Waals surface area contributed by atoms with Crippen LogP contribution in [0.2, 0.25) is 0 Å². The molecule has 0 bridgehead atoms. The van der Waals surface area contributed by atoms with Crippen molar-refractivity contribution in [1.29, 1.82) is 0 Å². The molecule has 8 heteroatoms. The second-order valence-corrected chi connectivity index (χ2v) is 8.92. The number of halogens is 1. The van der Waals surface area contributed by atoms with E-state index in [1.807, 2.05) is 58.0 Å². The minimum atomic E-state index is -0.304. The zero-order valence-corrected chi connectivity index (χ0v) is 19.4. The Hall–Kier alpha value is -3.65. The van der Waals surface area contributed by atoms with Crippen LogP contribution in [0.15, 0.2) is 90.1 Å². The summed E-state index contributed by atoms with van der Waals surface area (Å²) in [6.45, 7) is 3.02. The van der Waals surface area contributed by atoms with E-state index in [9.17, 15) is 9.18 Å². The Kier molecular flexibility index (Phi) is 6.58. The van der Waals surface area contributed by atoms with Crippen molar-refractivity contribution in [1.82, 2.24) is 19.7 Å². The summed E-state index contributed by atoms with van der Waals surface area (Å²) in [6, 6.07) is 26.2. The van der Waals surface area contributed by atoms with Crippen LogP contribution >= 0.6 is 11.8 Å². The highest BCUT2D eigenvalue weighted by Crippen LogP contribution is 2.28. The normalized spacial score (nSPS) is 13.8. The predicted octanol–water partition coefficient (Wildman–Crippen LogP) is 4.51. The summed E-state index contributed by atoms with van der Waals surface area (Å²) in [4.78, 5) is 17.2. The van der Waals surface area contributed by atoms with E-state index in [1.165, 1.54) is 29.6 Å². The van der Waals surface area contributed by atoms with E-state index in [0.717, 1.165) is 24.3 Å². The van der Waals surface area contributed by atoms with Crippen molar-refractivity contribution >= 4 is 23.4 Å². The average molecular weight is 474 g/mol. The van der Waals surface area contributed by atoms with Gasteiger partial charge in [-0.2, -0.15) is 0 Å². The third kappa shape index (κ3) is 4.82. The van der Waals surface area contributed by atoms with E-state index in [2.05, 4.69) is 27.2 Å². The maximum atomic E-state index is 13.4. The fraction of sp³-hybridized carbons (Fsp3) is 0.192. The topological polar surface area (TPSA) is 54.3 Å². The molecule has 2 heterocycles. The Bertz CT molecular complexity index is 1240. The number of carbonyl (C=O) groups excluding carboxylic acids is 1. The molecule has 3 aromatic carbocycles. The minimum absolute atomic E-state index is 0.0867. The molecule has 1 saturated heterocycles. The van der Waals surface area contributed by atoms with E-state index < -0.39 is 0 Å². The lowest BCUT2D eigenvalue weighted by molar-refractivity contribution is -0.128. The van der Waals surface area contributed by atoms with Crippen LogP contribution in [0.4, 0.5) is 10.1 Å². The highest BCUT2D eigenvalue weighted by Gasteiger charge is 2.23. The van der Waals surface area contributed by atoms with Crippen molar-refractivity contribution in [3.63, 3.8) is 0 Å². The second kappa shape index (κ2) is 10.1. The highest BCUT2D eigenvalue weighted by atomic mass is 32.2. The molecular formula is C26H24FN5OS. The van der Waals surface area contributed by atoms with Crippen LogP contribution in [-0.4, -0.2) is 57.5 Å². The number of rotatable bonds is 6. The molecule has 5 rings (SSSR count). The zero-order valence-electron chi connectivity index (χ0n) is 18.5. The van der Waals surface area contributed by atoms with Gasteiger partial charge in [-0.05, 0) is 48.5 Å². The molecule has 0 N–H and O–H groups in total. The predicted molar refractivity (Wildman–Crippen MR) is 133 cm³/mol. The third-order valence-electron chi connectivity index (χ3n) is 5.83. The van der Waals surface area contributed by atoms with Crippen LogP contribution in [-0.2, 0) is 4.79 Å². The van der Waals surface area contributed by atoms with Crippen molar-refractivity contribution in [2.45, 2.75) is 5.16 Å². The first-order valence-corrected chi connectivity index (χ1v) is 12.1. The van der Waals surface area contributed by atoms with Crippen LogP contribution in [0.5, 0.6) is 0 Å². The zero-order chi connectivity index (χ0) is 23.3. The van der Waals surface area contributed by atoms with Gasteiger partial charge in [0.1, 0.15) is 5.82 Å². The van der Waals surface area contributed by atoms with Gasteiger partial charge >= 0.3 is 0 Å². The molecule has 1 aromatic heterocycles. The quantitative estimate of drug-likeness (QED) is 0.386. The molecule has 6 nitrogen and oxygen atoms in total. The van der Waals surface area contributed by atoms with Crippen LogP contribution in [0.25, 0.3) is 17.1 Å². The van der Waals surface area contributed by atoms with Gasteiger partial charge in [-0.3, -0.25) is 9.36 Å². The number of nitrogens with zero attached hydrogens (tertiary/aromatic N) is 5. The van der Waals surface area contributed by atoms with Crippen molar-refractivity contribution in [3.8, 4) is 17.1 Å². The van der Waals surface area contributed by atoms with Gasteiger partial charge in [-0.25, -0.2) is 4.39 Å². The summed E-state index contributed by atoms with van der Waals surface area (Å²) in [5.74, 6) is 0.670. The van der Waals surface area contributed by atoms with Crippen LogP contribution in [0.3, 0.4) is 0 Å². The molecule has 4 aromatic rings. The monoisotopic (exact) mass is 473 g/mol. The lowest BCUT2D eigenvalue weighted by Crippen LogP contribution is -2.49. The maximum absolute atomic E-state index is 13.4. The Morgan fingerprint density at radius 1 is 0.794 bits per heavy atom. The average Bonchev–Trinajstić information content (AvgIpc) is 3.33. The van der Waals surface area contributed by atoms with E-state index in [1.54, 1.807) is 12.1 Å². The summed E-state index contributed by atoms with van der Waals surface area (Å²) in [5, 5.41) is 9.35. The Labute approximate surface area is 202 Å². The molecule has 34 heavy (non-hydrogen) atoms. The molecule has 1 fully saturated rings. The molecule has 0 radical (unpaired) electrons. The lowest BCUT2D eigenvalue weighted by Gasteiger charge is -2.36. The molecular weight excluding hydrogens is 449 g/mol. The summed E-state index contributed by atoms with van der Waals surface area (Å²) in [5.41, 5.74) is 2.83. The number of carbonyl (C=O) groups is 1. The number of thioether (sulfide) groups is 1.